The Hall–Kier alpha value is 0.766. The summed E-state index contributed by atoms with van der Waals surface area (Å²) in [5, 5.41) is 0. The molecule has 0 aliphatic rings. The van der Waals surface area contributed by atoms with Gasteiger partial charge in [-0.25, -0.2) is 0 Å². The van der Waals surface area contributed by atoms with Crippen LogP contribution < -0.4 is 0 Å². The van der Waals surface area contributed by atoms with E-state index < -0.39 is 0 Å². The zero-order valence-electron chi connectivity index (χ0n) is 8.69. The monoisotopic (exact) mass is 166 g/mol. The minimum absolute atomic E-state index is 0. The van der Waals surface area contributed by atoms with Crippen LogP contribution in [0.25, 0.3) is 0 Å². The third-order valence-corrected chi connectivity index (χ3v) is 1.39. The van der Waals surface area contributed by atoms with Gasteiger partial charge < -0.3 is 13.8 Å². The summed E-state index contributed by atoms with van der Waals surface area (Å²) in [5.41, 5.74) is 0. The maximum atomic E-state index is 3.76. The van der Waals surface area contributed by atoms with Crippen LogP contribution in [-0.2, 0) is 0 Å². The van der Waals surface area contributed by atoms with Gasteiger partial charge in [0.15, 0.2) is 0 Å². The number of hydrogen-bond acceptors (Lipinski definition) is 0. The maximum absolute atomic E-state index is 3.76. The van der Waals surface area contributed by atoms with Crippen LogP contribution in [0.4, 0.5) is 0 Å². The summed E-state index contributed by atoms with van der Waals surface area (Å²) in [7, 11) is 0. The van der Waals surface area contributed by atoms with Crippen LogP contribution in [0.15, 0.2) is 0 Å². The Bertz CT molecular complexity index is 40.8. The van der Waals surface area contributed by atoms with Crippen molar-refractivity contribution < 1.29 is 0 Å². The molecule has 0 bridgehead atoms. The smallest absolute Gasteiger partial charge is 0.341 e. The SMILES string of the molecule is [CH2-]C(C)CC.[CH2-]C(C)CC.[Mg+2]. The Kier molecular flexibility index (Phi) is 21.6. The molecule has 0 aromatic rings. The van der Waals surface area contributed by atoms with E-state index in [1.165, 1.54) is 12.8 Å². The largest absolute Gasteiger partial charge is 2.00 e. The van der Waals surface area contributed by atoms with Gasteiger partial charge in [-0.05, 0) is 0 Å². The molecule has 0 rings (SSSR count). The minimum Gasteiger partial charge on any atom is -0.341 e. The van der Waals surface area contributed by atoms with E-state index in [4.69, 9.17) is 0 Å². The predicted molar refractivity (Wildman–Crippen MR) is 55.4 cm³/mol. The van der Waals surface area contributed by atoms with Gasteiger partial charge in [0.05, 0.1) is 0 Å². The summed E-state index contributed by atoms with van der Waals surface area (Å²) in [6, 6.07) is 0. The van der Waals surface area contributed by atoms with Crippen molar-refractivity contribution in [3.05, 3.63) is 13.8 Å². The minimum atomic E-state index is 0. The summed E-state index contributed by atoms with van der Waals surface area (Å²) < 4.78 is 0. The number of rotatable bonds is 2. The van der Waals surface area contributed by atoms with E-state index in [1.807, 2.05) is 0 Å². The van der Waals surface area contributed by atoms with E-state index in [0.717, 1.165) is 0 Å². The molecule has 0 aliphatic carbocycles. The molecule has 2 unspecified atom stereocenters. The van der Waals surface area contributed by atoms with Gasteiger partial charge in [-0.1, -0.05) is 40.5 Å². The Labute approximate surface area is 89.3 Å². The van der Waals surface area contributed by atoms with Gasteiger partial charge in [-0.15, -0.1) is 0 Å². The van der Waals surface area contributed by atoms with Gasteiger partial charge in [-0.3, -0.25) is 0 Å². The summed E-state index contributed by atoms with van der Waals surface area (Å²) in [6.07, 6.45) is 2.39. The molecule has 11 heavy (non-hydrogen) atoms. The van der Waals surface area contributed by atoms with Gasteiger partial charge in [0, 0.05) is 0 Å². The Balaban J connectivity index is -0.000000107. The Morgan fingerprint density at radius 1 is 0.909 bits per heavy atom. The average Bonchev–Trinajstić information content (AvgIpc) is 1.89. The molecule has 0 N–H and O–H groups in total. The van der Waals surface area contributed by atoms with E-state index >= 15 is 0 Å². The number of hydrogen-bond donors (Lipinski definition) is 0. The predicted octanol–water partition coefficient (Wildman–Crippen LogP) is 3.35. The van der Waals surface area contributed by atoms with Crippen LogP contribution in [0, 0.1) is 25.7 Å². The van der Waals surface area contributed by atoms with Gasteiger partial charge >= 0.3 is 23.1 Å². The Morgan fingerprint density at radius 2 is 1.00 bits per heavy atom. The summed E-state index contributed by atoms with van der Waals surface area (Å²) >= 11 is 0. The molecule has 0 saturated heterocycles. The first-order chi connectivity index (χ1) is 4.54. The Morgan fingerprint density at radius 3 is 1.00 bits per heavy atom. The molecule has 0 aliphatic heterocycles. The first-order valence-electron chi connectivity index (χ1n) is 4.20. The van der Waals surface area contributed by atoms with Crippen LogP contribution in [-0.4, -0.2) is 23.1 Å². The zero-order valence-corrected chi connectivity index (χ0v) is 10.1. The van der Waals surface area contributed by atoms with E-state index in [9.17, 15) is 0 Å². The molecule has 0 aromatic carbocycles. The molecule has 0 amide bonds. The second kappa shape index (κ2) is 13.4. The van der Waals surface area contributed by atoms with Crippen LogP contribution >= 0.6 is 0 Å². The van der Waals surface area contributed by atoms with Crippen molar-refractivity contribution in [3.8, 4) is 0 Å². The molecule has 1 heteroatoms. The molecule has 0 nitrogen and oxygen atoms in total. The van der Waals surface area contributed by atoms with Crippen molar-refractivity contribution in [3.63, 3.8) is 0 Å². The molecule has 0 fully saturated rings. The van der Waals surface area contributed by atoms with Crippen molar-refractivity contribution in [1.82, 2.24) is 0 Å². The van der Waals surface area contributed by atoms with Gasteiger partial charge in [0.25, 0.3) is 0 Å². The molecule has 0 saturated carbocycles. The quantitative estimate of drug-likeness (QED) is 0.436. The summed E-state index contributed by atoms with van der Waals surface area (Å²) in [4.78, 5) is 0. The van der Waals surface area contributed by atoms with Crippen LogP contribution in [0.1, 0.15) is 40.5 Å². The first-order valence-corrected chi connectivity index (χ1v) is 4.20. The molecule has 0 spiro atoms. The fourth-order valence-corrected chi connectivity index (χ4v) is 0. The summed E-state index contributed by atoms with van der Waals surface area (Å²) in [5.74, 6) is 1.27. The standard InChI is InChI=1S/2C5H11.Mg/c2*1-4-5(2)3;/h2*5H,2,4H2,1,3H3;/q2*-1;+2. The second-order valence-corrected chi connectivity index (χ2v) is 3.03. The first kappa shape index (κ1) is 17.7. The molecule has 0 radical (unpaired) electrons. The van der Waals surface area contributed by atoms with Crippen molar-refractivity contribution >= 4 is 23.1 Å². The van der Waals surface area contributed by atoms with E-state index in [0.29, 0.717) is 11.8 Å². The van der Waals surface area contributed by atoms with E-state index in [-0.39, 0.29) is 23.1 Å². The van der Waals surface area contributed by atoms with Crippen molar-refractivity contribution in [1.29, 1.82) is 0 Å². The van der Waals surface area contributed by atoms with Crippen molar-refractivity contribution in [2.45, 2.75) is 40.5 Å². The molecule has 2 atom stereocenters. The van der Waals surface area contributed by atoms with Crippen LogP contribution in [0.5, 0.6) is 0 Å². The van der Waals surface area contributed by atoms with E-state index in [2.05, 4.69) is 41.5 Å². The molecule has 0 heterocycles. The van der Waals surface area contributed by atoms with E-state index in [1.54, 1.807) is 0 Å². The van der Waals surface area contributed by atoms with Crippen LogP contribution in [0.3, 0.4) is 0 Å². The normalized spacial score (nSPS) is 13.6. The molecule has 64 valence electrons. The van der Waals surface area contributed by atoms with Gasteiger partial charge in [0.1, 0.15) is 0 Å². The topological polar surface area (TPSA) is 0 Å². The molecule has 0 aromatic heterocycles. The second-order valence-electron chi connectivity index (χ2n) is 3.03. The maximum Gasteiger partial charge on any atom is 2.00 e. The van der Waals surface area contributed by atoms with Crippen molar-refractivity contribution in [2.24, 2.45) is 11.8 Å². The third kappa shape index (κ3) is 36.4. The van der Waals surface area contributed by atoms with Crippen LogP contribution in [0.2, 0.25) is 0 Å². The zero-order chi connectivity index (χ0) is 8.57. The third-order valence-electron chi connectivity index (χ3n) is 1.39. The summed E-state index contributed by atoms with van der Waals surface area (Å²) in [6.45, 7) is 16.0. The average molecular weight is 167 g/mol. The van der Waals surface area contributed by atoms with Gasteiger partial charge in [-0.2, -0.15) is 11.8 Å². The van der Waals surface area contributed by atoms with Gasteiger partial charge in [0.2, 0.25) is 0 Å². The van der Waals surface area contributed by atoms with Crippen molar-refractivity contribution in [2.75, 3.05) is 0 Å². The molecular weight excluding hydrogens is 144 g/mol. The fraction of sp³-hybridized carbons (Fsp3) is 0.800. The fourth-order valence-electron chi connectivity index (χ4n) is 0. The molecular formula is C10H22Mg.